The third-order valence-electron chi connectivity index (χ3n) is 3.72. The molecule has 0 aliphatic carbocycles. The zero-order chi connectivity index (χ0) is 14.7. The molecule has 0 radical (unpaired) electrons. The van der Waals surface area contributed by atoms with Crippen molar-refractivity contribution in [3.05, 3.63) is 40.4 Å². The van der Waals surface area contributed by atoms with E-state index in [1.165, 1.54) is 12.8 Å². The molecule has 0 bridgehead atoms. The summed E-state index contributed by atoms with van der Waals surface area (Å²) in [6.07, 6.45) is 3.38. The molecule has 1 aliphatic heterocycles. The predicted molar refractivity (Wildman–Crippen MR) is 81.5 cm³/mol. The number of halogens is 1. The molecule has 21 heavy (non-hydrogen) atoms. The highest BCUT2D eigenvalue weighted by Gasteiger charge is 2.16. The number of rotatable bonds is 5. The molecule has 0 saturated heterocycles. The molecular formula is C15H19ClN4O. The van der Waals surface area contributed by atoms with Crippen molar-refractivity contribution < 1.29 is 4.74 Å². The van der Waals surface area contributed by atoms with E-state index in [4.69, 9.17) is 16.3 Å². The molecular weight excluding hydrogens is 288 g/mol. The van der Waals surface area contributed by atoms with Gasteiger partial charge < -0.3 is 14.6 Å². The van der Waals surface area contributed by atoms with Crippen LogP contribution in [-0.4, -0.2) is 21.8 Å². The molecule has 2 aromatic rings. The summed E-state index contributed by atoms with van der Waals surface area (Å²) in [7, 11) is 1.89. The van der Waals surface area contributed by atoms with Crippen molar-refractivity contribution in [2.45, 2.75) is 39.0 Å². The molecule has 1 aliphatic rings. The van der Waals surface area contributed by atoms with Crippen LogP contribution in [0.15, 0.2) is 18.2 Å². The van der Waals surface area contributed by atoms with Gasteiger partial charge in [-0.2, -0.15) is 0 Å². The van der Waals surface area contributed by atoms with Gasteiger partial charge in [-0.05, 0) is 32.0 Å². The molecule has 0 spiro atoms. The fourth-order valence-electron chi connectivity index (χ4n) is 2.64. The van der Waals surface area contributed by atoms with Crippen molar-refractivity contribution in [1.29, 1.82) is 0 Å². The number of benzene rings is 1. The van der Waals surface area contributed by atoms with Gasteiger partial charge in [0, 0.05) is 30.1 Å². The van der Waals surface area contributed by atoms with Crippen molar-refractivity contribution in [1.82, 2.24) is 20.1 Å². The van der Waals surface area contributed by atoms with E-state index in [0.29, 0.717) is 18.2 Å². The molecule has 2 heterocycles. The lowest BCUT2D eigenvalue weighted by molar-refractivity contribution is 0.283. The van der Waals surface area contributed by atoms with Gasteiger partial charge in [-0.1, -0.05) is 17.7 Å². The summed E-state index contributed by atoms with van der Waals surface area (Å²) in [6.45, 7) is 2.08. The summed E-state index contributed by atoms with van der Waals surface area (Å²) in [4.78, 5) is 0. The van der Waals surface area contributed by atoms with Crippen molar-refractivity contribution in [3.63, 3.8) is 0 Å². The Morgan fingerprint density at radius 3 is 3.10 bits per heavy atom. The van der Waals surface area contributed by atoms with Crippen LogP contribution < -0.4 is 10.1 Å². The van der Waals surface area contributed by atoms with E-state index in [9.17, 15) is 0 Å². The molecule has 6 heteroatoms. The molecule has 0 unspecified atom stereocenters. The number of hydrogen-bond acceptors (Lipinski definition) is 4. The van der Waals surface area contributed by atoms with Gasteiger partial charge in [-0.3, -0.25) is 0 Å². The summed E-state index contributed by atoms with van der Waals surface area (Å²) in [5.41, 5.74) is 0.972. The number of nitrogens with one attached hydrogen (secondary N) is 1. The van der Waals surface area contributed by atoms with Crippen LogP contribution in [0.5, 0.6) is 5.75 Å². The molecule has 0 fully saturated rings. The van der Waals surface area contributed by atoms with Crippen LogP contribution in [0.1, 0.15) is 30.1 Å². The second-order valence-electron chi connectivity index (χ2n) is 5.18. The van der Waals surface area contributed by atoms with Gasteiger partial charge in [0.1, 0.15) is 18.2 Å². The minimum absolute atomic E-state index is 0.421. The Bertz CT molecular complexity index is 626. The highest BCUT2D eigenvalue weighted by atomic mass is 35.5. The first kappa shape index (κ1) is 14.4. The first-order chi connectivity index (χ1) is 10.3. The Labute approximate surface area is 129 Å². The fraction of sp³-hybridized carbons (Fsp3) is 0.467. The maximum absolute atomic E-state index is 6.23. The number of ether oxygens (including phenoxy) is 1. The van der Waals surface area contributed by atoms with E-state index in [1.54, 1.807) is 0 Å². The summed E-state index contributed by atoms with van der Waals surface area (Å²) < 4.78 is 8.11. The second kappa shape index (κ2) is 6.45. The molecule has 5 nitrogen and oxygen atoms in total. The zero-order valence-corrected chi connectivity index (χ0v) is 12.9. The van der Waals surface area contributed by atoms with E-state index in [-0.39, 0.29) is 0 Å². The Morgan fingerprint density at radius 1 is 1.33 bits per heavy atom. The monoisotopic (exact) mass is 306 g/mol. The molecule has 1 aromatic heterocycles. The molecule has 112 valence electrons. The highest BCUT2D eigenvalue weighted by Crippen LogP contribution is 2.27. The number of aromatic nitrogens is 3. The van der Waals surface area contributed by atoms with Gasteiger partial charge in [0.05, 0.1) is 0 Å². The number of nitrogens with zero attached hydrogens (tertiary/aromatic N) is 3. The Balaban J connectivity index is 1.76. The minimum atomic E-state index is 0.421. The van der Waals surface area contributed by atoms with Crippen LogP contribution in [0.25, 0.3) is 0 Å². The Hall–Kier alpha value is -1.59. The van der Waals surface area contributed by atoms with Gasteiger partial charge >= 0.3 is 0 Å². The summed E-state index contributed by atoms with van der Waals surface area (Å²) >= 11 is 6.23. The van der Waals surface area contributed by atoms with Crippen LogP contribution >= 0.6 is 11.6 Å². The quantitative estimate of drug-likeness (QED) is 0.922. The van der Waals surface area contributed by atoms with Crippen molar-refractivity contribution >= 4 is 11.6 Å². The van der Waals surface area contributed by atoms with Crippen LogP contribution in [0.3, 0.4) is 0 Å². The molecule has 0 saturated carbocycles. The largest absolute Gasteiger partial charge is 0.485 e. The van der Waals surface area contributed by atoms with E-state index in [2.05, 4.69) is 20.1 Å². The van der Waals surface area contributed by atoms with Crippen molar-refractivity contribution in [2.24, 2.45) is 0 Å². The molecule has 1 aromatic carbocycles. The molecule has 0 atom stereocenters. The van der Waals surface area contributed by atoms with Gasteiger partial charge in [0.25, 0.3) is 0 Å². The molecule has 3 rings (SSSR count). The number of aryl methyl sites for hydroxylation is 1. The standard InChI is InChI=1S/C15H19ClN4O/c1-17-9-11-12(16)5-4-6-13(11)21-10-15-19-18-14-7-2-3-8-20(14)15/h4-6,17H,2-3,7-10H2,1H3. The van der Waals surface area contributed by atoms with Gasteiger partial charge in [0.2, 0.25) is 0 Å². The van der Waals surface area contributed by atoms with E-state index < -0.39 is 0 Å². The average molecular weight is 307 g/mol. The average Bonchev–Trinajstić information content (AvgIpc) is 2.91. The van der Waals surface area contributed by atoms with Crippen molar-refractivity contribution in [3.8, 4) is 5.75 Å². The SMILES string of the molecule is CNCc1c(Cl)cccc1OCc1nnc2n1CCCC2. The normalized spacial score (nSPS) is 14.0. The van der Waals surface area contributed by atoms with Crippen LogP contribution in [0.4, 0.5) is 0 Å². The number of hydrogen-bond donors (Lipinski definition) is 1. The zero-order valence-electron chi connectivity index (χ0n) is 12.1. The lowest BCUT2D eigenvalue weighted by Crippen LogP contribution is -2.15. The third kappa shape index (κ3) is 3.04. The Morgan fingerprint density at radius 2 is 2.24 bits per heavy atom. The highest BCUT2D eigenvalue weighted by molar-refractivity contribution is 6.31. The Kier molecular flexibility index (Phi) is 4.41. The van der Waals surface area contributed by atoms with Crippen LogP contribution in [-0.2, 0) is 26.1 Å². The number of fused-ring (bicyclic) bond motifs is 1. The predicted octanol–water partition coefficient (Wildman–Crippen LogP) is 2.57. The van der Waals surface area contributed by atoms with Crippen LogP contribution in [0.2, 0.25) is 5.02 Å². The topological polar surface area (TPSA) is 52.0 Å². The smallest absolute Gasteiger partial charge is 0.171 e. The third-order valence-corrected chi connectivity index (χ3v) is 4.08. The second-order valence-corrected chi connectivity index (χ2v) is 5.58. The van der Waals surface area contributed by atoms with Crippen LogP contribution in [0, 0.1) is 0 Å². The first-order valence-electron chi connectivity index (χ1n) is 7.25. The van der Waals surface area contributed by atoms with Gasteiger partial charge in [-0.15, -0.1) is 10.2 Å². The van der Waals surface area contributed by atoms with E-state index in [1.807, 2.05) is 25.2 Å². The summed E-state index contributed by atoms with van der Waals surface area (Å²) in [5, 5.41) is 12.3. The fourth-order valence-corrected chi connectivity index (χ4v) is 2.87. The first-order valence-corrected chi connectivity index (χ1v) is 7.63. The van der Waals surface area contributed by atoms with Gasteiger partial charge in [-0.25, -0.2) is 0 Å². The maximum Gasteiger partial charge on any atom is 0.171 e. The van der Waals surface area contributed by atoms with E-state index in [0.717, 1.165) is 35.9 Å². The molecule has 0 amide bonds. The van der Waals surface area contributed by atoms with E-state index >= 15 is 0 Å². The van der Waals surface area contributed by atoms with Crippen molar-refractivity contribution in [2.75, 3.05) is 7.05 Å². The molecule has 1 N–H and O–H groups in total. The summed E-state index contributed by atoms with van der Waals surface area (Å²) in [6, 6.07) is 5.71. The lowest BCUT2D eigenvalue weighted by Gasteiger charge is -2.16. The van der Waals surface area contributed by atoms with Gasteiger partial charge in [0.15, 0.2) is 5.82 Å². The minimum Gasteiger partial charge on any atom is -0.485 e. The maximum atomic E-state index is 6.23. The lowest BCUT2D eigenvalue weighted by atomic mass is 10.2. The summed E-state index contributed by atoms with van der Waals surface area (Å²) in [5.74, 6) is 2.76.